The van der Waals surface area contributed by atoms with Gasteiger partial charge in [0.05, 0.1) is 0 Å². The Morgan fingerprint density at radius 3 is 2.82 bits per heavy atom. The summed E-state index contributed by atoms with van der Waals surface area (Å²) in [5, 5.41) is 0. The van der Waals surface area contributed by atoms with Crippen LogP contribution in [0.15, 0.2) is 28.7 Å². The Labute approximate surface area is 108 Å². The van der Waals surface area contributed by atoms with Crippen LogP contribution in [0.2, 0.25) is 0 Å². The Balaban J connectivity index is 2.23. The van der Waals surface area contributed by atoms with Crippen LogP contribution in [-0.2, 0) is 4.79 Å². The Morgan fingerprint density at radius 1 is 1.41 bits per heavy atom. The van der Waals surface area contributed by atoms with Gasteiger partial charge in [-0.3, -0.25) is 9.59 Å². The third kappa shape index (κ3) is 2.49. The molecular weight excluding hydrogens is 284 g/mol. The van der Waals surface area contributed by atoms with Crippen LogP contribution >= 0.6 is 15.9 Å². The van der Waals surface area contributed by atoms with Gasteiger partial charge in [0, 0.05) is 16.6 Å². The first-order valence-electron chi connectivity index (χ1n) is 5.45. The highest BCUT2D eigenvalue weighted by Gasteiger charge is 2.32. The zero-order chi connectivity index (χ0) is 12.4. The average Bonchev–Trinajstić information content (AvgIpc) is 2.77. The molecule has 0 bridgehead atoms. The summed E-state index contributed by atoms with van der Waals surface area (Å²) in [6, 6.07) is 6.68. The predicted octanol–water partition coefficient (Wildman–Crippen LogP) is 1.54. The number of nitrogens with zero attached hydrogens (tertiary/aromatic N) is 1. The summed E-state index contributed by atoms with van der Waals surface area (Å²) < 4.78 is 0.846. The topological polar surface area (TPSA) is 63.4 Å². The smallest absolute Gasteiger partial charge is 0.254 e. The van der Waals surface area contributed by atoms with E-state index < -0.39 is 11.9 Å². The van der Waals surface area contributed by atoms with Crippen LogP contribution in [0.5, 0.6) is 0 Å². The lowest BCUT2D eigenvalue weighted by Gasteiger charge is -2.22. The molecule has 0 saturated carbocycles. The fourth-order valence-corrected chi connectivity index (χ4v) is 2.49. The molecule has 0 spiro atoms. The molecule has 1 aliphatic rings. The molecule has 1 unspecified atom stereocenters. The maximum Gasteiger partial charge on any atom is 0.254 e. The summed E-state index contributed by atoms with van der Waals surface area (Å²) in [5.74, 6) is -0.557. The summed E-state index contributed by atoms with van der Waals surface area (Å²) in [5.41, 5.74) is 5.87. The molecule has 1 fully saturated rings. The summed E-state index contributed by atoms with van der Waals surface area (Å²) in [6.07, 6.45) is 1.49. The van der Waals surface area contributed by atoms with Crippen molar-refractivity contribution in [1.29, 1.82) is 0 Å². The number of hydrogen-bond acceptors (Lipinski definition) is 2. The van der Waals surface area contributed by atoms with Crippen molar-refractivity contribution in [2.24, 2.45) is 5.73 Å². The molecule has 1 aromatic rings. The van der Waals surface area contributed by atoms with E-state index in [0.717, 1.165) is 10.9 Å². The van der Waals surface area contributed by atoms with E-state index in [9.17, 15) is 9.59 Å². The largest absolute Gasteiger partial charge is 0.368 e. The van der Waals surface area contributed by atoms with E-state index in [1.807, 2.05) is 6.07 Å². The molecule has 4 nitrogen and oxygen atoms in total. The Bertz CT molecular complexity index is 462. The van der Waals surface area contributed by atoms with Crippen molar-refractivity contribution >= 4 is 27.7 Å². The van der Waals surface area contributed by atoms with Crippen LogP contribution in [0, 0.1) is 0 Å². The minimum Gasteiger partial charge on any atom is -0.368 e. The Hall–Kier alpha value is -1.36. The molecular formula is C12H13BrN2O2. The molecule has 1 saturated heterocycles. The fraction of sp³-hybridized carbons (Fsp3) is 0.333. The van der Waals surface area contributed by atoms with Gasteiger partial charge in [0.1, 0.15) is 6.04 Å². The van der Waals surface area contributed by atoms with Gasteiger partial charge in [-0.25, -0.2) is 0 Å². The molecule has 0 radical (unpaired) electrons. The maximum atomic E-state index is 12.2. The summed E-state index contributed by atoms with van der Waals surface area (Å²) in [6.45, 7) is 0.596. The van der Waals surface area contributed by atoms with Crippen LogP contribution in [0.25, 0.3) is 0 Å². The number of rotatable bonds is 2. The van der Waals surface area contributed by atoms with Gasteiger partial charge in [-0.2, -0.15) is 0 Å². The van der Waals surface area contributed by atoms with E-state index in [1.54, 1.807) is 23.1 Å². The monoisotopic (exact) mass is 296 g/mol. The van der Waals surface area contributed by atoms with Crippen LogP contribution < -0.4 is 5.73 Å². The third-order valence-corrected chi connectivity index (χ3v) is 3.41. The van der Waals surface area contributed by atoms with Gasteiger partial charge in [0.2, 0.25) is 5.91 Å². The quantitative estimate of drug-likeness (QED) is 0.900. The number of halogens is 1. The molecule has 0 aliphatic carbocycles. The maximum absolute atomic E-state index is 12.2. The highest BCUT2D eigenvalue weighted by Crippen LogP contribution is 2.21. The first-order valence-corrected chi connectivity index (χ1v) is 6.25. The van der Waals surface area contributed by atoms with Crippen molar-refractivity contribution in [2.75, 3.05) is 6.54 Å². The predicted molar refractivity (Wildman–Crippen MR) is 67.4 cm³/mol. The van der Waals surface area contributed by atoms with Gasteiger partial charge >= 0.3 is 0 Å². The van der Waals surface area contributed by atoms with Crippen molar-refractivity contribution in [3.8, 4) is 0 Å². The number of primary amides is 1. The molecule has 1 atom stereocenters. The molecule has 1 heterocycles. The molecule has 2 N–H and O–H groups in total. The van der Waals surface area contributed by atoms with E-state index in [1.165, 1.54) is 0 Å². The minimum absolute atomic E-state index is 0.132. The zero-order valence-corrected chi connectivity index (χ0v) is 10.8. The van der Waals surface area contributed by atoms with Gasteiger partial charge < -0.3 is 10.6 Å². The van der Waals surface area contributed by atoms with Gasteiger partial charge in [-0.05, 0) is 31.0 Å². The van der Waals surface area contributed by atoms with Crippen LogP contribution in [0.3, 0.4) is 0 Å². The lowest BCUT2D eigenvalue weighted by molar-refractivity contribution is -0.121. The number of likely N-dealkylation sites (tertiary alicyclic amines) is 1. The highest BCUT2D eigenvalue weighted by atomic mass is 79.9. The van der Waals surface area contributed by atoms with Crippen molar-refractivity contribution in [2.45, 2.75) is 18.9 Å². The SMILES string of the molecule is NC(=O)C1CCCN1C(=O)c1cccc(Br)c1. The second kappa shape index (κ2) is 4.87. The summed E-state index contributed by atoms with van der Waals surface area (Å²) >= 11 is 3.32. The molecule has 0 aromatic heterocycles. The minimum atomic E-state index is -0.457. The first-order chi connectivity index (χ1) is 8.09. The van der Waals surface area contributed by atoms with E-state index in [0.29, 0.717) is 18.5 Å². The molecule has 17 heavy (non-hydrogen) atoms. The number of amides is 2. The summed E-state index contributed by atoms with van der Waals surface area (Å²) in [4.78, 5) is 25.0. The van der Waals surface area contributed by atoms with Crippen LogP contribution in [-0.4, -0.2) is 29.3 Å². The van der Waals surface area contributed by atoms with E-state index in [4.69, 9.17) is 5.73 Å². The molecule has 90 valence electrons. The van der Waals surface area contributed by atoms with E-state index >= 15 is 0 Å². The molecule has 1 aromatic carbocycles. The van der Waals surface area contributed by atoms with Crippen molar-refractivity contribution in [3.05, 3.63) is 34.3 Å². The lowest BCUT2D eigenvalue weighted by Crippen LogP contribution is -2.43. The average molecular weight is 297 g/mol. The number of benzene rings is 1. The van der Waals surface area contributed by atoms with Crippen LogP contribution in [0.4, 0.5) is 0 Å². The number of carbonyl (C=O) groups excluding carboxylic acids is 2. The number of hydrogen-bond donors (Lipinski definition) is 1. The van der Waals surface area contributed by atoms with E-state index in [-0.39, 0.29) is 5.91 Å². The Kier molecular flexibility index (Phi) is 3.47. The molecule has 2 rings (SSSR count). The second-order valence-electron chi connectivity index (χ2n) is 4.07. The summed E-state index contributed by atoms with van der Waals surface area (Å²) in [7, 11) is 0. The normalized spacial score (nSPS) is 19.4. The number of carbonyl (C=O) groups is 2. The first kappa shape index (κ1) is 12.1. The van der Waals surface area contributed by atoms with Gasteiger partial charge in [0.25, 0.3) is 5.91 Å². The van der Waals surface area contributed by atoms with Gasteiger partial charge in [-0.15, -0.1) is 0 Å². The zero-order valence-electron chi connectivity index (χ0n) is 9.23. The van der Waals surface area contributed by atoms with Crippen LogP contribution in [0.1, 0.15) is 23.2 Å². The third-order valence-electron chi connectivity index (χ3n) is 2.91. The van der Waals surface area contributed by atoms with Gasteiger partial charge in [0.15, 0.2) is 0 Å². The van der Waals surface area contributed by atoms with Crippen molar-refractivity contribution < 1.29 is 9.59 Å². The number of nitrogens with two attached hydrogens (primary N) is 1. The Morgan fingerprint density at radius 2 is 2.18 bits per heavy atom. The van der Waals surface area contributed by atoms with Gasteiger partial charge in [-0.1, -0.05) is 22.0 Å². The van der Waals surface area contributed by atoms with Crippen molar-refractivity contribution in [1.82, 2.24) is 4.90 Å². The second-order valence-corrected chi connectivity index (χ2v) is 4.98. The molecule has 2 amide bonds. The highest BCUT2D eigenvalue weighted by molar-refractivity contribution is 9.10. The van der Waals surface area contributed by atoms with Crippen molar-refractivity contribution in [3.63, 3.8) is 0 Å². The fourth-order valence-electron chi connectivity index (χ4n) is 2.09. The molecule has 5 heteroatoms. The lowest BCUT2D eigenvalue weighted by atomic mass is 10.1. The van der Waals surface area contributed by atoms with E-state index in [2.05, 4.69) is 15.9 Å². The molecule has 1 aliphatic heterocycles. The standard InChI is InChI=1S/C12H13BrN2O2/c13-9-4-1-3-8(7-9)12(17)15-6-2-5-10(15)11(14)16/h1,3-4,7,10H,2,5-6H2,(H2,14,16).